The molecule has 2 amide bonds. The molecule has 0 unspecified atom stereocenters. The number of benzene rings is 3. The summed E-state index contributed by atoms with van der Waals surface area (Å²) in [5.74, 6) is 2.20. The minimum atomic E-state index is -0.381. The second-order valence-electron chi connectivity index (χ2n) is 11.8. The standard InChI is InChI=1S/C34H37N5O6/c1-22(2)20-42-27-15-25-16-28(17-27)44-26-11-7-8-23(14-26)21-43-30-18-39(13-12-29(30)35-31(40)19-38(3)33(25)41)34-36-32(45-37-34)24-9-5-4-6-10-24/h4-11,14-17,22,29-30H,12-13,18-21H2,1-3H3,(H,35,40)/t29-,30-/m0/s1. The van der Waals surface area contributed by atoms with Gasteiger partial charge in [0.1, 0.15) is 17.2 Å². The SMILES string of the molecule is CC(C)COc1cc2cc(c1)C(=O)N(C)CC(=O)N[C@H]1CCN(c3noc(-c4ccccc4)n3)C[C@@H]1OCc1cccc(c1)O2. The summed E-state index contributed by atoms with van der Waals surface area (Å²) in [5.41, 5.74) is 2.11. The summed E-state index contributed by atoms with van der Waals surface area (Å²) >= 11 is 0. The number of likely N-dealkylation sites (N-methyl/N-ethyl adjacent to an activating group) is 1. The lowest BCUT2D eigenvalue weighted by atomic mass is 10.0. The minimum Gasteiger partial charge on any atom is -0.493 e. The van der Waals surface area contributed by atoms with Gasteiger partial charge in [-0.3, -0.25) is 9.59 Å². The zero-order valence-electron chi connectivity index (χ0n) is 25.6. The van der Waals surface area contributed by atoms with Crippen molar-refractivity contribution in [1.29, 1.82) is 0 Å². The fourth-order valence-corrected chi connectivity index (χ4v) is 5.37. The van der Waals surface area contributed by atoms with Crippen LogP contribution in [0.2, 0.25) is 0 Å². The van der Waals surface area contributed by atoms with Crippen molar-refractivity contribution in [3.05, 3.63) is 83.9 Å². The van der Waals surface area contributed by atoms with E-state index in [1.54, 1.807) is 25.2 Å². The number of aromatic nitrogens is 2. The molecular weight excluding hydrogens is 574 g/mol. The number of carbonyl (C=O) groups excluding carboxylic acids is 2. The molecule has 45 heavy (non-hydrogen) atoms. The van der Waals surface area contributed by atoms with Crippen LogP contribution in [0.5, 0.6) is 17.2 Å². The first-order valence-electron chi connectivity index (χ1n) is 15.2. The van der Waals surface area contributed by atoms with Crippen molar-refractivity contribution in [3.63, 3.8) is 0 Å². The van der Waals surface area contributed by atoms with Gasteiger partial charge in [0.2, 0.25) is 5.91 Å². The van der Waals surface area contributed by atoms with Crippen LogP contribution in [0, 0.1) is 5.92 Å². The normalized spacial score (nSPS) is 19.1. The number of ether oxygens (including phenoxy) is 3. The largest absolute Gasteiger partial charge is 0.493 e. The summed E-state index contributed by atoms with van der Waals surface area (Å²) < 4.78 is 24.1. The Kier molecular flexibility index (Phi) is 8.97. The van der Waals surface area contributed by atoms with Gasteiger partial charge < -0.3 is 33.9 Å². The summed E-state index contributed by atoms with van der Waals surface area (Å²) in [6, 6.07) is 22.0. The topological polar surface area (TPSA) is 119 Å². The number of hydrogen-bond acceptors (Lipinski definition) is 9. The maximum atomic E-state index is 13.5. The molecule has 3 aromatic carbocycles. The molecule has 0 radical (unpaired) electrons. The van der Waals surface area contributed by atoms with E-state index in [1.807, 2.05) is 59.5 Å². The van der Waals surface area contributed by atoms with Gasteiger partial charge in [-0.1, -0.05) is 44.2 Å². The van der Waals surface area contributed by atoms with Gasteiger partial charge >= 0.3 is 0 Å². The maximum Gasteiger partial charge on any atom is 0.266 e. The molecule has 3 heterocycles. The molecule has 4 bridgehead atoms. The summed E-state index contributed by atoms with van der Waals surface area (Å²) in [5, 5.41) is 7.33. The van der Waals surface area contributed by atoms with Crippen molar-refractivity contribution < 1.29 is 28.3 Å². The van der Waals surface area contributed by atoms with E-state index in [0.717, 1.165) is 11.1 Å². The predicted octanol–water partition coefficient (Wildman–Crippen LogP) is 4.93. The molecule has 0 aliphatic carbocycles. The van der Waals surface area contributed by atoms with Crippen molar-refractivity contribution in [1.82, 2.24) is 20.4 Å². The average Bonchev–Trinajstić information content (AvgIpc) is 3.53. The number of rotatable bonds is 5. The van der Waals surface area contributed by atoms with E-state index in [0.29, 0.717) is 73.3 Å². The van der Waals surface area contributed by atoms with E-state index < -0.39 is 0 Å². The first-order chi connectivity index (χ1) is 21.8. The summed E-state index contributed by atoms with van der Waals surface area (Å²) in [6.07, 6.45) is 0.207. The molecule has 1 saturated heterocycles. The van der Waals surface area contributed by atoms with Crippen LogP contribution in [0.4, 0.5) is 5.95 Å². The molecular formula is C34H37N5O6. The fraction of sp³-hybridized carbons (Fsp3) is 0.353. The van der Waals surface area contributed by atoms with Gasteiger partial charge in [-0.25, -0.2) is 0 Å². The van der Waals surface area contributed by atoms with E-state index in [9.17, 15) is 9.59 Å². The third-order valence-corrected chi connectivity index (χ3v) is 7.66. The van der Waals surface area contributed by atoms with Gasteiger partial charge in [0.25, 0.3) is 17.7 Å². The van der Waals surface area contributed by atoms with E-state index in [4.69, 9.17) is 18.7 Å². The second-order valence-corrected chi connectivity index (χ2v) is 11.8. The summed E-state index contributed by atoms with van der Waals surface area (Å²) in [7, 11) is 1.61. The lowest BCUT2D eigenvalue weighted by Gasteiger charge is -2.38. The van der Waals surface area contributed by atoms with E-state index >= 15 is 0 Å². The van der Waals surface area contributed by atoms with Crippen LogP contribution in [0.3, 0.4) is 0 Å². The highest BCUT2D eigenvalue weighted by atomic mass is 16.5. The fourth-order valence-electron chi connectivity index (χ4n) is 5.37. The summed E-state index contributed by atoms with van der Waals surface area (Å²) in [6.45, 7) is 5.79. The highest BCUT2D eigenvalue weighted by molar-refractivity contribution is 5.97. The van der Waals surface area contributed by atoms with E-state index in [1.165, 1.54) is 4.90 Å². The molecule has 0 spiro atoms. The van der Waals surface area contributed by atoms with Gasteiger partial charge in [-0.2, -0.15) is 4.98 Å². The number of carbonyl (C=O) groups is 2. The van der Waals surface area contributed by atoms with Gasteiger partial charge in [0.15, 0.2) is 0 Å². The molecule has 1 aromatic heterocycles. The number of nitrogens with zero attached hydrogens (tertiary/aromatic N) is 4. The van der Waals surface area contributed by atoms with Gasteiger partial charge in [0.05, 0.1) is 31.9 Å². The molecule has 0 saturated carbocycles. The molecule has 1 N–H and O–H groups in total. The lowest BCUT2D eigenvalue weighted by molar-refractivity contribution is -0.123. The first kappa shape index (κ1) is 30.1. The smallest absolute Gasteiger partial charge is 0.266 e. The van der Waals surface area contributed by atoms with Crippen molar-refractivity contribution in [2.45, 2.75) is 39.0 Å². The number of hydrogen-bond donors (Lipinski definition) is 1. The zero-order valence-corrected chi connectivity index (χ0v) is 25.6. The van der Waals surface area contributed by atoms with Crippen molar-refractivity contribution >= 4 is 17.8 Å². The van der Waals surface area contributed by atoms with Crippen LogP contribution in [-0.4, -0.2) is 72.3 Å². The Morgan fingerprint density at radius 3 is 2.67 bits per heavy atom. The van der Waals surface area contributed by atoms with Crippen molar-refractivity contribution in [3.8, 4) is 28.7 Å². The quantitative estimate of drug-likeness (QED) is 0.335. The van der Waals surface area contributed by atoms with Crippen LogP contribution in [0.25, 0.3) is 11.5 Å². The molecule has 11 heteroatoms. The molecule has 11 nitrogen and oxygen atoms in total. The van der Waals surface area contributed by atoms with Crippen LogP contribution in [-0.2, 0) is 16.1 Å². The Labute approximate surface area is 262 Å². The molecule has 2 atom stereocenters. The second kappa shape index (κ2) is 13.4. The van der Waals surface area contributed by atoms with Crippen LogP contribution in [0.15, 0.2) is 77.3 Å². The molecule has 1 fully saturated rings. The molecule has 4 aromatic rings. The monoisotopic (exact) mass is 611 g/mol. The third kappa shape index (κ3) is 7.43. The first-order valence-corrected chi connectivity index (χ1v) is 15.2. The highest BCUT2D eigenvalue weighted by Gasteiger charge is 2.34. The lowest BCUT2D eigenvalue weighted by Crippen LogP contribution is -2.56. The highest BCUT2D eigenvalue weighted by Crippen LogP contribution is 2.30. The Morgan fingerprint density at radius 2 is 1.84 bits per heavy atom. The maximum absolute atomic E-state index is 13.5. The van der Waals surface area contributed by atoms with Crippen molar-refractivity contribution in [2.75, 3.05) is 38.2 Å². The molecule has 2 aliphatic rings. The molecule has 234 valence electrons. The Balaban J connectivity index is 1.25. The van der Waals surface area contributed by atoms with Crippen LogP contribution < -0.4 is 19.7 Å². The number of piperidine rings is 1. The number of anilines is 1. The summed E-state index contributed by atoms with van der Waals surface area (Å²) in [4.78, 5) is 34.7. The predicted molar refractivity (Wildman–Crippen MR) is 167 cm³/mol. The van der Waals surface area contributed by atoms with Crippen LogP contribution in [0.1, 0.15) is 36.2 Å². The number of fused-ring (bicyclic) bond motifs is 5. The molecule has 2 aliphatic heterocycles. The number of nitrogens with one attached hydrogen (secondary N) is 1. The Morgan fingerprint density at radius 1 is 1.00 bits per heavy atom. The minimum absolute atomic E-state index is 0.122. The van der Waals surface area contributed by atoms with Gasteiger partial charge in [-0.05, 0) is 59.5 Å². The average molecular weight is 612 g/mol. The van der Waals surface area contributed by atoms with E-state index in [2.05, 4.69) is 29.3 Å². The zero-order chi connectivity index (χ0) is 31.3. The third-order valence-electron chi connectivity index (χ3n) is 7.66. The Bertz CT molecular complexity index is 1640. The van der Waals surface area contributed by atoms with E-state index in [-0.39, 0.29) is 30.5 Å². The molecule has 6 rings (SSSR count). The van der Waals surface area contributed by atoms with Crippen molar-refractivity contribution in [2.24, 2.45) is 5.92 Å². The number of amides is 2. The van der Waals surface area contributed by atoms with Crippen LogP contribution >= 0.6 is 0 Å². The van der Waals surface area contributed by atoms with Gasteiger partial charge in [0, 0.05) is 37.3 Å². The Hall–Kier alpha value is -4.90. The van der Waals surface area contributed by atoms with Gasteiger partial charge in [-0.15, -0.1) is 0 Å².